The molecule has 0 aliphatic heterocycles. The summed E-state index contributed by atoms with van der Waals surface area (Å²) in [6.45, 7) is 8.79. The number of hydrogen-bond donors (Lipinski definition) is 1. The maximum absolute atomic E-state index is 5.95. The molecule has 0 bridgehead atoms. The molecule has 0 spiro atoms. The molecule has 2 aromatic carbocycles. The Morgan fingerprint density at radius 1 is 0.960 bits per heavy atom. The van der Waals surface area contributed by atoms with Crippen LogP contribution in [0.15, 0.2) is 48.5 Å². The van der Waals surface area contributed by atoms with Crippen molar-refractivity contribution in [2.24, 2.45) is 0 Å². The lowest BCUT2D eigenvalue weighted by Gasteiger charge is -2.17. The van der Waals surface area contributed by atoms with E-state index in [9.17, 15) is 0 Å². The average molecular weight is 343 g/mol. The maximum Gasteiger partial charge on any atom is 0.121 e. The summed E-state index contributed by atoms with van der Waals surface area (Å²) in [7, 11) is 0. The molecule has 1 atom stereocenters. The van der Waals surface area contributed by atoms with Crippen LogP contribution in [0.2, 0.25) is 0 Å². The SMILES string of the molecule is CCOCCOc1cccc(NCC(C)Oc2ccc(CC)cc2)c1. The highest BCUT2D eigenvalue weighted by atomic mass is 16.5. The van der Waals surface area contributed by atoms with Crippen LogP contribution in [0.25, 0.3) is 0 Å². The Morgan fingerprint density at radius 3 is 2.48 bits per heavy atom. The maximum atomic E-state index is 5.95. The van der Waals surface area contributed by atoms with Gasteiger partial charge in [-0.25, -0.2) is 0 Å². The number of aryl methyl sites for hydroxylation is 1. The van der Waals surface area contributed by atoms with Crippen molar-refractivity contribution in [1.82, 2.24) is 0 Å². The molecule has 0 saturated heterocycles. The first-order chi connectivity index (χ1) is 12.2. The van der Waals surface area contributed by atoms with Gasteiger partial charge in [0.2, 0.25) is 0 Å². The smallest absolute Gasteiger partial charge is 0.121 e. The van der Waals surface area contributed by atoms with Crippen molar-refractivity contribution in [3.63, 3.8) is 0 Å². The Labute approximate surface area is 151 Å². The van der Waals surface area contributed by atoms with E-state index >= 15 is 0 Å². The van der Waals surface area contributed by atoms with Gasteiger partial charge in [0, 0.05) is 18.4 Å². The standard InChI is InChI=1S/C21H29NO3/c1-4-18-9-11-20(12-10-18)25-17(3)16-22-19-7-6-8-21(15-19)24-14-13-23-5-2/h6-12,15,17,22H,4-5,13-14,16H2,1-3H3. The van der Waals surface area contributed by atoms with Crippen molar-refractivity contribution in [3.8, 4) is 11.5 Å². The molecule has 1 unspecified atom stereocenters. The lowest BCUT2D eigenvalue weighted by Crippen LogP contribution is -2.22. The van der Waals surface area contributed by atoms with Gasteiger partial charge in [-0.3, -0.25) is 0 Å². The number of hydrogen-bond acceptors (Lipinski definition) is 4. The van der Waals surface area contributed by atoms with Crippen molar-refractivity contribution in [2.45, 2.75) is 33.3 Å². The second-order valence-corrected chi connectivity index (χ2v) is 5.88. The van der Waals surface area contributed by atoms with Crippen LogP contribution in [0.4, 0.5) is 5.69 Å². The molecule has 0 fully saturated rings. The summed E-state index contributed by atoms with van der Waals surface area (Å²) in [5.74, 6) is 1.74. The van der Waals surface area contributed by atoms with E-state index in [1.54, 1.807) is 0 Å². The molecule has 1 N–H and O–H groups in total. The summed E-state index contributed by atoms with van der Waals surface area (Å²) >= 11 is 0. The number of nitrogens with one attached hydrogen (secondary N) is 1. The van der Waals surface area contributed by atoms with Crippen molar-refractivity contribution < 1.29 is 14.2 Å². The molecule has 0 saturated carbocycles. The van der Waals surface area contributed by atoms with Gasteiger partial charge in [0.25, 0.3) is 0 Å². The highest BCUT2D eigenvalue weighted by molar-refractivity contribution is 5.48. The second-order valence-electron chi connectivity index (χ2n) is 5.88. The fourth-order valence-corrected chi connectivity index (χ4v) is 2.40. The average Bonchev–Trinajstić information content (AvgIpc) is 2.65. The third-order valence-corrected chi connectivity index (χ3v) is 3.80. The van der Waals surface area contributed by atoms with Crippen LogP contribution >= 0.6 is 0 Å². The fraction of sp³-hybridized carbons (Fsp3) is 0.429. The van der Waals surface area contributed by atoms with Gasteiger partial charge < -0.3 is 19.5 Å². The predicted molar refractivity (Wildman–Crippen MR) is 103 cm³/mol. The molecule has 2 rings (SSSR count). The molecule has 2 aromatic rings. The zero-order chi connectivity index (χ0) is 17.9. The summed E-state index contributed by atoms with van der Waals surface area (Å²) in [5, 5.41) is 3.39. The highest BCUT2D eigenvalue weighted by Crippen LogP contribution is 2.18. The Hall–Kier alpha value is -2.20. The number of benzene rings is 2. The fourth-order valence-electron chi connectivity index (χ4n) is 2.40. The summed E-state index contributed by atoms with van der Waals surface area (Å²) in [4.78, 5) is 0. The molecule has 0 aliphatic carbocycles. The first kappa shape index (κ1) is 19.1. The van der Waals surface area contributed by atoms with Gasteiger partial charge >= 0.3 is 0 Å². The van der Waals surface area contributed by atoms with E-state index in [0.29, 0.717) is 19.8 Å². The Morgan fingerprint density at radius 2 is 1.76 bits per heavy atom. The van der Waals surface area contributed by atoms with Crippen LogP contribution in [-0.2, 0) is 11.2 Å². The van der Waals surface area contributed by atoms with E-state index in [1.807, 2.05) is 43.3 Å². The van der Waals surface area contributed by atoms with Crippen molar-refractivity contribution in [3.05, 3.63) is 54.1 Å². The third kappa shape index (κ3) is 7.06. The van der Waals surface area contributed by atoms with Gasteiger partial charge in [0.15, 0.2) is 0 Å². The minimum atomic E-state index is 0.0648. The van der Waals surface area contributed by atoms with E-state index in [-0.39, 0.29) is 6.10 Å². The Kier molecular flexibility index (Phi) is 8.13. The molecular formula is C21H29NO3. The Balaban J connectivity index is 1.77. The molecule has 0 aromatic heterocycles. The van der Waals surface area contributed by atoms with Gasteiger partial charge in [-0.1, -0.05) is 25.1 Å². The Bertz CT molecular complexity index is 613. The van der Waals surface area contributed by atoms with Gasteiger partial charge in [0.1, 0.15) is 24.2 Å². The van der Waals surface area contributed by atoms with E-state index in [1.165, 1.54) is 5.56 Å². The van der Waals surface area contributed by atoms with Gasteiger partial charge in [-0.15, -0.1) is 0 Å². The first-order valence-electron chi connectivity index (χ1n) is 9.01. The van der Waals surface area contributed by atoms with E-state index in [2.05, 4.69) is 31.3 Å². The minimum absolute atomic E-state index is 0.0648. The molecule has 4 heteroatoms. The summed E-state index contributed by atoms with van der Waals surface area (Å²) in [6.07, 6.45) is 1.11. The van der Waals surface area contributed by atoms with Crippen LogP contribution in [0.3, 0.4) is 0 Å². The van der Waals surface area contributed by atoms with Gasteiger partial charge in [-0.2, -0.15) is 0 Å². The molecule has 4 nitrogen and oxygen atoms in total. The zero-order valence-corrected chi connectivity index (χ0v) is 15.5. The first-order valence-corrected chi connectivity index (χ1v) is 9.01. The summed E-state index contributed by atoms with van der Waals surface area (Å²) < 4.78 is 16.9. The van der Waals surface area contributed by atoms with Crippen molar-refractivity contribution in [1.29, 1.82) is 0 Å². The molecule has 0 amide bonds. The topological polar surface area (TPSA) is 39.7 Å². The van der Waals surface area contributed by atoms with E-state index in [0.717, 1.165) is 30.2 Å². The number of anilines is 1. The summed E-state index contributed by atoms with van der Waals surface area (Å²) in [5.41, 5.74) is 2.34. The minimum Gasteiger partial charge on any atom is -0.491 e. The third-order valence-electron chi connectivity index (χ3n) is 3.80. The number of ether oxygens (including phenoxy) is 3. The summed E-state index contributed by atoms with van der Waals surface area (Å²) in [6, 6.07) is 16.2. The monoisotopic (exact) mass is 343 g/mol. The van der Waals surface area contributed by atoms with E-state index < -0.39 is 0 Å². The predicted octanol–water partition coefficient (Wildman–Crippen LogP) is 4.54. The second kappa shape index (κ2) is 10.6. The van der Waals surface area contributed by atoms with Crippen molar-refractivity contribution >= 4 is 5.69 Å². The highest BCUT2D eigenvalue weighted by Gasteiger charge is 2.05. The van der Waals surface area contributed by atoms with Crippen LogP contribution in [0, 0.1) is 0 Å². The van der Waals surface area contributed by atoms with E-state index in [4.69, 9.17) is 14.2 Å². The van der Waals surface area contributed by atoms with Crippen LogP contribution in [-0.4, -0.2) is 32.5 Å². The van der Waals surface area contributed by atoms with Gasteiger partial charge in [0.05, 0.1) is 13.2 Å². The quantitative estimate of drug-likeness (QED) is 0.608. The van der Waals surface area contributed by atoms with Crippen LogP contribution in [0.5, 0.6) is 11.5 Å². The molecule has 136 valence electrons. The molecular weight excluding hydrogens is 314 g/mol. The largest absolute Gasteiger partial charge is 0.491 e. The molecule has 25 heavy (non-hydrogen) atoms. The molecule has 0 aliphatic rings. The lowest BCUT2D eigenvalue weighted by molar-refractivity contribution is 0.110. The lowest BCUT2D eigenvalue weighted by atomic mass is 10.2. The molecule has 0 heterocycles. The van der Waals surface area contributed by atoms with Crippen molar-refractivity contribution in [2.75, 3.05) is 31.7 Å². The zero-order valence-electron chi connectivity index (χ0n) is 15.5. The van der Waals surface area contributed by atoms with Crippen LogP contribution < -0.4 is 14.8 Å². The molecule has 0 radical (unpaired) electrons. The normalized spacial score (nSPS) is 11.8. The van der Waals surface area contributed by atoms with Crippen LogP contribution in [0.1, 0.15) is 26.3 Å². The van der Waals surface area contributed by atoms with Gasteiger partial charge in [-0.05, 0) is 50.1 Å². The number of rotatable bonds is 11.